The van der Waals surface area contributed by atoms with Crippen molar-refractivity contribution < 1.29 is 9.47 Å². The van der Waals surface area contributed by atoms with Crippen LogP contribution in [0.25, 0.3) is 11.3 Å². The van der Waals surface area contributed by atoms with Gasteiger partial charge in [0.05, 0.1) is 13.2 Å². The van der Waals surface area contributed by atoms with Crippen LogP contribution in [0, 0.1) is 0 Å². The van der Waals surface area contributed by atoms with Gasteiger partial charge in [-0.05, 0) is 12.8 Å². The minimum absolute atomic E-state index is 0.527. The number of ether oxygens (including phenoxy) is 2. The van der Waals surface area contributed by atoms with Crippen LogP contribution in [0.4, 0.5) is 0 Å². The number of hydrogen-bond acceptors (Lipinski definition) is 4. The Morgan fingerprint density at radius 1 is 0.864 bits per heavy atom. The summed E-state index contributed by atoms with van der Waals surface area (Å²) in [5.74, 6) is 1.26. The highest BCUT2D eigenvalue weighted by molar-refractivity contribution is 5.65. The van der Waals surface area contributed by atoms with Crippen LogP contribution < -0.4 is 9.47 Å². The summed E-state index contributed by atoms with van der Waals surface area (Å²) in [6, 6.07) is 11.8. The highest BCUT2D eigenvalue weighted by atomic mass is 16.5. The average Bonchev–Trinajstić information content (AvgIpc) is 2.56. The molecule has 1 aromatic heterocycles. The van der Waals surface area contributed by atoms with E-state index >= 15 is 0 Å². The summed E-state index contributed by atoms with van der Waals surface area (Å²) in [7, 11) is 0. The lowest BCUT2D eigenvalue weighted by atomic mass is 10.1. The van der Waals surface area contributed by atoms with Gasteiger partial charge in [0.1, 0.15) is 5.69 Å². The molecule has 1 heterocycles. The van der Waals surface area contributed by atoms with Crippen molar-refractivity contribution in [3.05, 3.63) is 36.4 Å². The van der Waals surface area contributed by atoms with Gasteiger partial charge in [0.2, 0.25) is 5.88 Å². The third-order valence-corrected chi connectivity index (χ3v) is 3.29. The molecule has 1 aromatic carbocycles. The number of benzene rings is 1. The fourth-order valence-corrected chi connectivity index (χ4v) is 1.98. The quantitative estimate of drug-likeness (QED) is 0.639. The molecule has 0 fully saturated rings. The second kappa shape index (κ2) is 9.03. The van der Waals surface area contributed by atoms with E-state index in [0.29, 0.717) is 19.1 Å². The van der Waals surface area contributed by atoms with Crippen LogP contribution in [-0.4, -0.2) is 23.4 Å². The van der Waals surface area contributed by atoms with Crippen molar-refractivity contribution in [1.82, 2.24) is 10.2 Å². The number of hydrogen-bond donors (Lipinski definition) is 0. The first-order chi connectivity index (χ1) is 10.8. The van der Waals surface area contributed by atoms with Gasteiger partial charge in [-0.2, -0.15) is 0 Å². The molecule has 4 heteroatoms. The molecular formula is C18H24N2O2. The highest BCUT2D eigenvalue weighted by Gasteiger charge is 2.11. The summed E-state index contributed by atoms with van der Waals surface area (Å²) < 4.78 is 11.5. The Hall–Kier alpha value is -2.10. The number of aromatic nitrogens is 2. The number of nitrogens with zero attached hydrogens (tertiary/aromatic N) is 2. The van der Waals surface area contributed by atoms with Crippen LogP contribution in [0.3, 0.4) is 0 Å². The van der Waals surface area contributed by atoms with Crippen molar-refractivity contribution in [3.63, 3.8) is 0 Å². The van der Waals surface area contributed by atoms with Crippen LogP contribution >= 0.6 is 0 Å². The molecule has 0 aliphatic rings. The van der Waals surface area contributed by atoms with Crippen molar-refractivity contribution in [2.75, 3.05) is 13.2 Å². The topological polar surface area (TPSA) is 44.2 Å². The first-order valence-electron chi connectivity index (χ1n) is 8.04. The molecule has 0 amide bonds. The largest absolute Gasteiger partial charge is 0.491 e. The molecule has 0 unspecified atom stereocenters. The number of unbranched alkanes of at least 4 members (excludes halogenated alkanes) is 2. The zero-order chi connectivity index (χ0) is 15.6. The Labute approximate surface area is 132 Å². The maximum atomic E-state index is 5.90. The van der Waals surface area contributed by atoms with Gasteiger partial charge >= 0.3 is 0 Å². The lowest BCUT2D eigenvalue weighted by Crippen LogP contribution is -2.04. The van der Waals surface area contributed by atoms with Gasteiger partial charge in [0.25, 0.3) is 0 Å². The van der Waals surface area contributed by atoms with E-state index in [4.69, 9.17) is 9.47 Å². The zero-order valence-electron chi connectivity index (χ0n) is 13.4. The van der Waals surface area contributed by atoms with E-state index in [0.717, 1.165) is 42.7 Å². The van der Waals surface area contributed by atoms with Gasteiger partial charge < -0.3 is 9.47 Å². The van der Waals surface area contributed by atoms with Gasteiger partial charge in [-0.1, -0.05) is 57.0 Å². The Balaban J connectivity index is 2.19. The van der Waals surface area contributed by atoms with E-state index in [1.54, 1.807) is 0 Å². The molecule has 0 saturated heterocycles. The predicted octanol–water partition coefficient (Wildman–Crippen LogP) is 4.50. The van der Waals surface area contributed by atoms with E-state index < -0.39 is 0 Å². The van der Waals surface area contributed by atoms with Crippen LogP contribution in [-0.2, 0) is 0 Å². The molecular weight excluding hydrogens is 276 g/mol. The van der Waals surface area contributed by atoms with Gasteiger partial charge in [-0.25, -0.2) is 0 Å². The molecule has 2 rings (SSSR count). The van der Waals surface area contributed by atoms with E-state index in [2.05, 4.69) is 24.0 Å². The van der Waals surface area contributed by atoms with Crippen LogP contribution in [0.2, 0.25) is 0 Å². The first-order valence-corrected chi connectivity index (χ1v) is 8.04. The van der Waals surface area contributed by atoms with Crippen LogP contribution in [0.1, 0.15) is 39.5 Å². The van der Waals surface area contributed by atoms with E-state index in [1.807, 2.05) is 36.4 Å². The minimum Gasteiger partial charge on any atom is -0.491 e. The standard InChI is InChI=1S/C18H24N2O2/c1-3-5-12-21-16-14-17(22-13-6-4-2)19-20-18(16)15-10-8-7-9-11-15/h7-11,14H,3-6,12-13H2,1-2H3. The Morgan fingerprint density at radius 3 is 2.23 bits per heavy atom. The summed E-state index contributed by atoms with van der Waals surface area (Å²) >= 11 is 0. The molecule has 2 aromatic rings. The summed E-state index contributed by atoms with van der Waals surface area (Å²) in [5.41, 5.74) is 1.76. The fourth-order valence-electron chi connectivity index (χ4n) is 1.98. The summed E-state index contributed by atoms with van der Waals surface area (Å²) in [5, 5.41) is 8.47. The maximum absolute atomic E-state index is 5.90. The van der Waals surface area contributed by atoms with E-state index in [9.17, 15) is 0 Å². The highest BCUT2D eigenvalue weighted by Crippen LogP contribution is 2.29. The SMILES string of the molecule is CCCCOc1cc(OCCCC)c(-c2ccccc2)nn1. The molecule has 0 N–H and O–H groups in total. The molecule has 0 saturated carbocycles. The molecule has 0 radical (unpaired) electrons. The maximum Gasteiger partial charge on any atom is 0.237 e. The second-order valence-electron chi connectivity index (χ2n) is 5.17. The van der Waals surface area contributed by atoms with Gasteiger partial charge in [0, 0.05) is 11.6 Å². The molecule has 0 aliphatic carbocycles. The first kappa shape index (κ1) is 16.3. The molecule has 118 valence electrons. The van der Waals surface area contributed by atoms with Crippen LogP contribution in [0.5, 0.6) is 11.6 Å². The van der Waals surface area contributed by atoms with Crippen molar-refractivity contribution >= 4 is 0 Å². The molecule has 0 spiro atoms. The fraction of sp³-hybridized carbons (Fsp3) is 0.444. The van der Waals surface area contributed by atoms with Gasteiger partial charge in [-0.15, -0.1) is 10.2 Å². The lowest BCUT2D eigenvalue weighted by Gasteiger charge is -2.12. The van der Waals surface area contributed by atoms with E-state index in [-0.39, 0.29) is 0 Å². The molecule has 4 nitrogen and oxygen atoms in total. The van der Waals surface area contributed by atoms with Crippen molar-refractivity contribution in [1.29, 1.82) is 0 Å². The molecule has 22 heavy (non-hydrogen) atoms. The molecule has 0 atom stereocenters. The lowest BCUT2D eigenvalue weighted by molar-refractivity contribution is 0.282. The predicted molar refractivity (Wildman–Crippen MR) is 88.3 cm³/mol. The summed E-state index contributed by atoms with van der Waals surface area (Å²) in [6.07, 6.45) is 4.21. The smallest absolute Gasteiger partial charge is 0.237 e. The molecule has 0 bridgehead atoms. The van der Waals surface area contributed by atoms with E-state index in [1.165, 1.54) is 0 Å². The van der Waals surface area contributed by atoms with Gasteiger partial charge in [0.15, 0.2) is 5.75 Å². The minimum atomic E-state index is 0.527. The average molecular weight is 300 g/mol. The summed E-state index contributed by atoms with van der Waals surface area (Å²) in [4.78, 5) is 0. The van der Waals surface area contributed by atoms with Gasteiger partial charge in [-0.3, -0.25) is 0 Å². The number of rotatable bonds is 9. The monoisotopic (exact) mass is 300 g/mol. The third-order valence-electron chi connectivity index (χ3n) is 3.29. The summed E-state index contributed by atoms with van der Waals surface area (Å²) in [6.45, 7) is 5.61. The Bertz CT molecular complexity index is 558. The Kier molecular flexibility index (Phi) is 6.68. The van der Waals surface area contributed by atoms with Crippen LogP contribution in [0.15, 0.2) is 36.4 Å². The normalized spacial score (nSPS) is 10.5. The van der Waals surface area contributed by atoms with Crippen molar-refractivity contribution in [3.8, 4) is 22.9 Å². The second-order valence-corrected chi connectivity index (χ2v) is 5.17. The zero-order valence-corrected chi connectivity index (χ0v) is 13.4. The van der Waals surface area contributed by atoms with Crippen molar-refractivity contribution in [2.24, 2.45) is 0 Å². The third kappa shape index (κ3) is 4.72. The Morgan fingerprint density at radius 2 is 1.55 bits per heavy atom. The molecule has 0 aliphatic heterocycles. The van der Waals surface area contributed by atoms with Crippen molar-refractivity contribution in [2.45, 2.75) is 39.5 Å².